The third-order valence-electron chi connectivity index (χ3n) is 5.83. The number of thiazole rings is 1. The minimum Gasteiger partial charge on any atom is -0.493 e. The van der Waals surface area contributed by atoms with Crippen LogP contribution in [0.5, 0.6) is 11.5 Å². The van der Waals surface area contributed by atoms with Gasteiger partial charge in [0.15, 0.2) is 16.6 Å². The van der Waals surface area contributed by atoms with Crippen molar-refractivity contribution in [2.75, 3.05) is 58.5 Å². The molecule has 0 N–H and O–H groups in total. The van der Waals surface area contributed by atoms with Gasteiger partial charge in [-0.3, -0.25) is 24.7 Å². The second kappa shape index (κ2) is 10.7. The second-order valence-corrected chi connectivity index (χ2v) is 9.32. The molecule has 4 rings (SSSR count). The van der Waals surface area contributed by atoms with Crippen LogP contribution in [0, 0.1) is 17.0 Å². The number of amides is 1. The number of benzene rings is 2. The molecule has 186 valence electrons. The minimum absolute atomic E-state index is 0.114. The number of ether oxygens (including phenoxy) is 3. The zero-order valence-electron chi connectivity index (χ0n) is 19.6. The molecule has 0 spiro atoms. The number of morpholine rings is 1. The van der Waals surface area contributed by atoms with Gasteiger partial charge in [0.05, 0.1) is 53.7 Å². The molecule has 10 nitrogen and oxygen atoms in total. The average Bonchev–Trinajstić information content (AvgIpc) is 3.32. The van der Waals surface area contributed by atoms with Crippen LogP contribution in [0.3, 0.4) is 0 Å². The van der Waals surface area contributed by atoms with E-state index in [1.165, 1.54) is 42.6 Å². The number of aryl methyl sites for hydroxylation is 1. The lowest BCUT2D eigenvalue weighted by Crippen LogP contribution is -2.43. The third kappa shape index (κ3) is 5.18. The topological polar surface area (TPSA) is 107 Å². The normalized spacial score (nSPS) is 14.2. The van der Waals surface area contributed by atoms with E-state index in [1.807, 2.05) is 13.0 Å². The van der Waals surface area contributed by atoms with Crippen molar-refractivity contribution >= 4 is 49.9 Å². The monoisotopic (exact) mass is 520 g/mol. The predicted octanol–water partition coefficient (Wildman–Crippen LogP) is 4.16. The van der Waals surface area contributed by atoms with Crippen LogP contribution in [0.1, 0.15) is 15.9 Å². The Morgan fingerprint density at radius 1 is 1.26 bits per heavy atom. The molecular formula is C23H25ClN4O6S. The SMILES string of the molecule is COc1cc(C(=O)N(CCN2CCOCC2)c2nc3c(C)ccc(Cl)c3s2)c([N+](=O)[O-])cc1OC. The lowest BCUT2D eigenvalue weighted by Gasteiger charge is -2.29. The highest BCUT2D eigenvalue weighted by atomic mass is 35.5. The highest BCUT2D eigenvalue weighted by Gasteiger charge is 2.31. The maximum Gasteiger partial charge on any atom is 0.286 e. The zero-order valence-corrected chi connectivity index (χ0v) is 21.1. The number of rotatable bonds is 8. The van der Waals surface area contributed by atoms with Crippen molar-refractivity contribution in [2.24, 2.45) is 0 Å². The van der Waals surface area contributed by atoms with Crippen molar-refractivity contribution in [2.45, 2.75) is 6.92 Å². The summed E-state index contributed by atoms with van der Waals surface area (Å²) < 4.78 is 16.7. The van der Waals surface area contributed by atoms with Crippen molar-refractivity contribution in [3.05, 3.63) is 50.5 Å². The summed E-state index contributed by atoms with van der Waals surface area (Å²) in [6.45, 7) is 5.46. The largest absolute Gasteiger partial charge is 0.493 e. The first-order valence-electron chi connectivity index (χ1n) is 10.9. The molecule has 1 amide bonds. The number of carbonyl (C=O) groups is 1. The van der Waals surface area contributed by atoms with Crippen LogP contribution < -0.4 is 14.4 Å². The quantitative estimate of drug-likeness (QED) is 0.322. The number of nitro benzene ring substituents is 1. The smallest absolute Gasteiger partial charge is 0.286 e. The summed E-state index contributed by atoms with van der Waals surface area (Å²) in [5.41, 5.74) is 1.13. The summed E-state index contributed by atoms with van der Waals surface area (Å²) in [5.74, 6) is -0.172. The molecular weight excluding hydrogens is 496 g/mol. The first kappa shape index (κ1) is 25.1. The molecule has 0 unspecified atom stereocenters. The van der Waals surface area contributed by atoms with Gasteiger partial charge in [0.25, 0.3) is 11.6 Å². The maximum absolute atomic E-state index is 13.9. The number of hydrogen-bond donors (Lipinski definition) is 0. The fourth-order valence-electron chi connectivity index (χ4n) is 3.89. The first-order chi connectivity index (χ1) is 16.8. The number of carbonyl (C=O) groups excluding carboxylic acids is 1. The minimum atomic E-state index is -0.602. The Bertz CT molecular complexity index is 1220. The van der Waals surface area contributed by atoms with Crippen molar-refractivity contribution in [1.82, 2.24) is 9.88 Å². The standard InChI is InChI=1S/C23H25ClN4O6S/c1-14-4-5-16(24)21-20(14)25-23(35-21)27(7-6-26-8-10-34-11-9-26)22(29)15-12-18(32-2)19(33-3)13-17(15)28(30)31/h4-5,12-13H,6-11H2,1-3H3. The van der Waals surface area contributed by atoms with Gasteiger partial charge in [-0.15, -0.1) is 0 Å². The number of nitro groups is 1. The number of anilines is 1. The zero-order chi connectivity index (χ0) is 25.1. The van der Waals surface area contributed by atoms with Crippen LogP contribution in [-0.4, -0.2) is 74.3 Å². The summed E-state index contributed by atoms with van der Waals surface area (Å²) in [6, 6.07) is 6.20. The number of fused-ring (bicyclic) bond motifs is 1. The van der Waals surface area contributed by atoms with Gasteiger partial charge in [0.2, 0.25) is 0 Å². The van der Waals surface area contributed by atoms with Crippen molar-refractivity contribution in [1.29, 1.82) is 0 Å². The Kier molecular flexibility index (Phi) is 7.70. The van der Waals surface area contributed by atoms with E-state index >= 15 is 0 Å². The van der Waals surface area contributed by atoms with Crippen LogP contribution in [-0.2, 0) is 4.74 Å². The molecule has 3 aromatic rings. The Labute approximate surface area is 211 Å². The molecule has 2 heterocycles. The van der Waals surface area contributed by atoms with Crippen LogP contribution >= 0.6 is 22.9 Å². The number of methoxy groups -OCH3 is 2. The summed E-state index contributed by atoms with van der Waals surface area (Å²) in [7, 11) is 2.79. The molecule has 0 saturated carbocycles. The average molecular weight is 521 g/mol. The molecule has 1 aromatic heterocycles. The van der Waals surface area contributed by atoms with Gasteiger partial charge in [-0.1, -0.05) is 29.0 Å². The summed E-state index contributed by atoms with van der Waals surface area (Å²) in [6.07, 6.45) is 0. The number of halogens is 1. The molecule has 12 heteroatoms. The molecule has 1 aliphatic heterocycles. The summed E-state index contributed by atoms with van der Waals surface area (Å²) >= 11 is 7.69. The Morgan fingerprint density at radius 2 is 1.94 bits per heavy atom. The van der Waals surface area contributed by atoms with E-state index in [1.54, 1.807) is 6.07 Å². The highest BCUT2D eigenvalue weighted by molar-refractivity contribution is 7.23. The van der Waals surface area contributed by atoms with Gasteiger partial charge >= 0.3 is 0 Å². The van der Waals surface area contributed by atoms with Gasteiger partial charge in [-0.05, 0) is 18.6 Å². The van der Waals surface area contributed by atoms with Crippen LogP contribution in [0.15, 0.2) is 24.3 Å². The van der Waals surface area contributed by atoms with Crippen molar-refractivity contribution in [3.8, 4) is 11.5 Å². The van der Waals surface area contributed by atoms with Gasteiger partial charge in [0, 0.05) is 32.2 Å². The first-order valence-corrected chi connectivity index (χ1v) is 12.1. The van der Waals surface area contributed by atoms with E-state index in [2.05, 4.69) is 4.90 Å². The molecule has 2 aromatic carbocycles. The van der Waals surface area contributed by atoms with Crippen LogP contribution in [0.25, 0.3) is 10.2 Å². The van der Waals surface area contributed by atoms with Crippen LogP contribution in [0.4, 0.5) is 10.8 Å². The number of hydrogen-bond acceptors (Lipinski definition) is 9. The van der Waals surface area contributed by atoms with E-state index in [-0.39, 0.29) is 29.3 Å². The third-order valence-corrected chi connectivity index (χ3v) is 7.37. The molecule has 0 aliphatic carbocycles. The molecule has 1 saturated heterocycles. The Hall–Kier alpha value is -2.99. The molecule has 0 bridgehead atoms. The summed E-state index contributed by atoms with van der Waals surface area (Å²) in [4.78, 5) is 33.5. The summed E-state index contributed by atoms with van der Waals surface area (Å²) in [5, 5.41) is 12.8. The maximum atomic E-state index is 13.9. The molecule has 1 aliphatic rings. The van der Waals surface area contributed by atoms with Crippen LogP contribution in [0.2, 0.25) is 5.02 Å². The lowest BCUT2D eigenvalue weighted by molar-refractivity contribution is -0.385. The fraction of sp³-hybridized carbons (Fsp3) is 0.391. The molecule has 35 heavy (non-hydrogen) atoms. The van der Waals surface area contributed by atoms with Crippen molar-refractivity contribution < 1.29 is 23.9 Å². The van der Waals surface area contributed by atoms with E-state index in [0.717, 1.165) is 23.4 Å². The second-order valence-electron chi connectivity index (χ2n) is 7.93. The van der Waals surface area contributed by atoms with E-state index in [4.69, 9.17) is 30.8 Å². The number of nitrogens with zero attached hydrogens (tertiary/aromatic N) is 4. The molecule has 1 fully saturated rings. The van der Waals surface area contributed by atoms with Gasteiger partial charge < -0.3 is 14.2 Å². The Balaban J connectivity index is 1.79. The van der Waals surface area contributed by atoms with Gasteiger partial charge in [-0.25, -0.2) is 4.98 Å². The van der Waals surface area contributed by atoms with Gasteiger partial charge in [0.1, 0.15) is 5.56 Å². The predicted molar refractivity (Wildman–Crippen MR) is 135 cm³/mol. The molecule has 0 radical (unpaired) electrons. The lowest BCUT2D eigenvalue weighted by atomic mass is 10.1. The number of aromatic nitrogens is 1. The highest BCUT2D eigenvalue weighted by Crippen LogP contribution is 2.39. The van der Waals surface area contributed by atoms with Gasteiger partial charge in [-0.2, -0.15) is 0 Å². The molecule has 0 atom stereocenters. The Morgan fingerprint density at radius 3 is 2.57 bits per heavy atom. The van der Waals surface area contributed by atoms with E-state index < -0.39 is 10.8 Å². The van der Waals surface area contributed by atoms with E-state index in [9.17, 15) is 14.9 Å². The van der Waals surface area contributed by atoms with Crippen molar-refractivity contribution in [3.63, 3.8) is 0 Å². The fourth-order valence-corrected chi connectivity index (χ4v) is 5.23. The van der Waals surface area contributed by atoms with E-state index in [0.29, 0.717) is 35.4 Å².